The van der Waals surface area contributed by atoms with Gasteiger partial charge in [-0.05, 0) is 49.9 Å². The molecule has 2 N–H and O–H groups in total. The molecular formula is C21H29NO2. The Balaban J connectivity index is 1.76. The van der Waals surface area contributed by atoms with Gasteiger partial charge in [-0.3, -0.25) is 0 Å². The molecule has 2 rings (SSSR count). The van der Waals surface area contributed by atoms with Crippen LogP contribution >= 0.6 is 0 Å². The van der Waals surface area contributed by atoms with Crippen LogP contribution in [0.1, 0.15) is 31.9 Å². The molecule has 24 heavy (non-hydrogen) atoms. The monoisotopic (exact) mass is 327 g/mol. The number of nitrogens with one attached hydrogen (secondary N) is 1. The fraction of sp³-hybridized carbons (Fsp3) is 0.429. The molecule has 0 aliphatic heterocycles. The van der Waals surface area contributed by atoms with Crippen LogP contribution in [-0.2, 0) is 12.8 Å². The lowest BCUT2D eigenvalue weighted by atomic mass is 9.94. The van der Waals surface area contributed by atoms with Gasteiger partial charge in [0.25, 0.3) is 0 Å². The van der Waals surface area contributed by atoms with Crippen LogP contribution in [0.15, 0.2) is 54.6 Å². The van der Waals surface area contributed by atoms with E-state index < -0.39 is 6.10 Å². The van der Waals surface area contributed by atoms with Crippen molar-refractivity contribution in [3.05, 3.63) is 65.7 Å². The van der Waals surface area contributed by atoms with Crippen LogP contribution in [0.5, 0.6) is 5.75 Å². The topological polar surface area (TPSA) is 41.5 Å². The lowest BCUT2D eigenvalue weighted by Crippen LogP contribution is -2.46. The Hall–Kier alpha value is -1.84. The minimum atomic E-state index is -0.535. The summed E-state index contributed by atoms with van der Waals surface area (Å²) in [6.07, 6.45) is 1.45. The zero-order chi connectivity index (χ0) is 17.4. The van der Waals surface area contributed by atoms with Gasteiger partial charge < -0.3 is 15.2 Å². The van der Waals surface area contributed by atoms with Crippen molar-refractivity contribution in [3.63, 3.8) is 0 Å². The molecule has 2 aromatic rings. The Morgan fingerprint density at radius 3 is 2.25 bits per heavy atom. The number of para-hydroxylation sites is 1. The second-order valence-corrected chi connectivity index (χ2v) is 6.89. The van der Waals surface area contributed by atoms with Crippen LogP contribution in [0.4, 0.5) is 0 Å². The molecule has 130 valence electrons. The van der Waals surface area contributed by atoms with E-state index >= 15 is 0 Å². The molecule has 0 bridgehead atoms. The van der Waals surface area contributed by atoms with Gasteiger partial charge in [0.2, 0.25) is 0 Å². The summed E-state index contributed by atoms with van der Waals surface area (Å²) in [6.45, 7) is 7.28. The molecule has 1 unspecified atom stereocenters. The van der Waals surface area contributed by atoms with Crippen LogP contribution in [0, 0.1) is 0 Å². The number of rotatable bonds is 9. The van der Waals surface area contributed by atoms with Gasteiger partial charge in [-0.1, -0.05) is 49.4 Å². The summed E-state index contributed by atoms with van der Waals surface area (Å²) < 4.78 is 5.59. The molecule has 0 radical (unpaired) electrons. The fourth-order valence-corrected chi connectivity index (χ4v) is 2.63. The first-order chi connectivity index (χ1) is 11.5. The highest BCUT2D eigenvalue weighted by atomic mass is 16.5. The maximum absolute atomic E-state index is 10.1. The van der Waals surface area contributed by atoms with Crippen molar-refractivity contribution in [1.82, 2.24) is 5.32 Å². The minimum absolute atomic E-state index is 0.0819. The third kappa shape index (κ3) is 6.34. The molecular weight excluding hydrogens is 298 g/mol. The summed E-state index contributed by atoms with van der Waals surface area (Å²) in [5.74, 6) is 0.784. The number of hydrogen-bond acceptors (Lipinski definition) is 3. The van der Waals surface area contributed by atoms with Gasteiger partial charge in [0.15, 0.2) is 0 Å². The Bertz CT molecular complexity index is 593. The number of benzene rings is 2. The maximum atomic E-state index is 10.1. The van der Waals surface area contributed by atoms with E-state index in [9.17, 15) is 5.11 Å². The van der Waals surface area contributed by atoms with Gasteiger partial charge in [-0.2, -0.15) is 0 Å². The van der Waals surface area contributed by atoms with Gasteiger partial charge in [0.05, 0.1) is 0 Å². The fourth-order valence-electron chi connectivity index (χ4n) is 2.63. The van der Waals surface area contributed by atoms with E-state index in [1.165, 1.54) is 11.1 Å². The van der Waals surface area contributed by atoms with Crippen LogP contribution in [0.3, 0.4) is 0 Å². The molecule has 2 aromatic carbocycles. The zero-order valence-corrected chi connectivity index (χ0v) is 15.0. The Morgan fingerprint density at radius 2 is 1.62 bits per heavy atom. The van der Waals surface area contributed by atoms with E-state index in [0.717, 1.165) is 18.6 Å². The van der Waals surface area contributed by atoms with Crippen LogP contribution in [0.25, 0.3) is 0 Å². The molecule has 0 saturated heterocycles. The quantitative estimate of drug-likeness (QED) is 0.739. The molecule has 3 heteroatoms. The number of aryl methyl sites for hydroxylation is 1. The molecule has 0 aliphatic carbocycles. The van der Waals surface area contributed by atoms with Gasteiger partial charge >= 0.3 is 0 Å². The molecule has 0 amide bonds. The zero-order valence-electron chi connectivity index (χ0n) is 15.0. The molecule has 0 saturated carbocycles. The van der Waals surface area contributed by atoms with E-state index in [1.54, 1.807) is 0 Å². The summed E-state index contributed by atoms with van der Waals surface area (Å²) in [4.78, 5) is 0. The number of aliphatic hydroxyl groups excluding tert-OH is 1. The van der Waals surface area contributed by atoms with E-state index in [1.807, 2.05) is 30.3 Å². The number of aliphatic hydroxyl groups is 1. The number of ether oxygens (including phenoxy) is 1. The summed E-state index contributed by atoms with van der Waals surface area (Å²) >= 11 is 0. The molecule has 0 aliphatic rings. The SMILES string of the molecule is CCc1ccc(CC(C)(C)NCC(O)COc2ccccc2)cc1. The van der Waals surface area contributed by atoms with Gasteiger partial charge in [-0.15, -0.1) is 0 Å². The Labute approximate surface area is 145 Å². The van der Waals surface area contributed by atoms with E-state index in [2.05, 4.69) is 50.4 Å². The average molecular weight is 327 g/mol. The standard InChI is InChI=1S/C21H29NO2/c1-4-17-10-12-18(13-11-17)14-21(2,3)22-15-19(23)16-24-20-8-6-5-7-9-20/h5-13,19,22-23H,4,14-16H2,1-3H3. The second kappa shape index (κ2) is 8.86. The second-order valence-electron chi connectivity index (χ2n) is 6.89. The van der Waals surface area contributed by atoms with E-state index in [4.69, 9.17) is 4.74 Å². The molecule has 0 heterocycles. The average Bonchev–Trinajstić information content (AvgIpc) is 2.59. The first-order valence-electron chi connectivity index (χ1n) is 8.67. The van der Waals surface area contributed by atoms with Crippen molar-refractivity contribution in [2.75, 3.05) is 13.2 Å². The highest BCUT2D eigenvalue weighted by Gasteiger charge is 2.19. The number of β-amino-alcohol motifs (C(OH)–C–C–N with tert-alkyl or cyclic N) is 1. The lowest BCUT2D eigenvalue weighted by molar-refractivity contribution is 0.0988. The first-order valence-corrected chi connectivity index (χ1v) is 8.67. The van der Waals surface area contributed by atoms with Crippen molar-refractivity contribution in [1.29, 1.82) is 0 Å². The van der Waals surface area contributed by atoms with E-state index in [-0.39, 0.29) is 12.1 Å². The smallest absolute Gasteiger partial charge is 0.119 e. The van der Waals surface area contributed by atoms with Crippen molar-refractivity contribution in [2.45, 2.75) is 45.3 Å². The third-order valence-electron chi connectivity index (χ3n) is 4.08. The Kier molecular flexibility index (Phi) is 6.83. The molecule has 0 fully saturated rings. The molecule has 1 atom stereocenters. The van der Waals surface area contributed by atoms with Crippen molar-refractivity contribution >= 4 is 0 Å². The largest absolute Gasteiger partial charge is 0.491 e. The summed E-state index contributed by atoms with van der Waals surface area (Å²) in [6, 6.07) is 18.3. The van der Waals surface area contributed by atoms with Gasteiger partial charge in [0.1, 0.15) is 18.5 Å². The summed E-state index contributed by atoms with van der Waals surface area (Å²) in [7, 11) is 0. The van der Waals surface area contributed by atoms with Crippen molar-refractivity contribution in [3.8, 4) is 5.75 Å². The van der Waals surface area contributed by atoms with Crippen LogP contribution < -0.4 is 10.1 Å². The molecule has 0 aromatic heterocycles. The highest BCUT2D eigenvalue weighted by Crippen LogP contribution is 2.14. The number of hydrogen-bond donors (Lipinski definition) is 2. The predicted octanol–water partition coefficient (Wildman–Crippen LogP) is 3.60. The first kappa shape index (κ1) is 18.5. The lowest BCUT2D eigenvalue weighted by Gasteiger charge is -2.28. The minimum Gasteiger partial charge on any atom is -0.491 e. The van der Waals surface area contributed by atoms with Gasteiger partial charge in [-0.25, -0.2) is 0 Å². The molecule has 3 nitrogen and oxygen atoms in total. The van der Waals surface area contributed by atoms with Crippen LogP contribution in [-0.4, -0.2) is 29.9 Å². The summed E-state index contributed by atoms with van der Waals surface area (Å²) in [5, 5.41) is 13.6. The third-order valence-corrected chi connectivity index (χ3v) is 4.08. The van der Waals surface area contributed by atoms with Crippen molar-refractivity contribution < 1.29 is 9.84 Å². The van der Waals surface area contributed by atoms with Crippen molar-refractivity contribution in [2.24, 2.45) is 0 Å². The van der Waals surface area contributed by atoms with Gasteiger partial charge in [0, 0.05) is 12.1 Å². The van der Waals surface area contributed by atoms with E-state index in [0.29, 0.717) is 6.54 Å². The predicted molar refractivity (Wildman–Crippen MR) is 99.5 cm³/mol. The van der Waals surface area contributed by atoms with Crippen LogP contribution in [0.2, 0.25) is 0 Å². The Morgan fingerprint density at radius 1 is 1.00 bits per heavy atom. The molecule has 0 spiro atoms. The highest BCUT2D eigenvalue weighted by molar-refractivity contribution is 5.24. The maximum Gasteiger partial charge on any atom is 0.119 e. The summed E-state index contributed by atoms with van der Waals surface area (Å²) in [5.41, 5.74) is 2.58. The normalized spacial score (nSPS) is 12.8.